The van der Waals surface area contributed by atoms with Crippen molar-refractivity contribution < 1.29 is 4.42 Å². The second-order valence-electron chi connectivity index (χ2n) is 3.15. The average molecular weight is 221 g/mol. The van der Waals surface area contributed by atoms with E-state index in [1.165, 1.54) is 11.8 Å². The lowest BCUT2D eigenvalue weighted by Gasteiger charge is -2.00. The minimum absolute atomic E-state index is 0.506. The molecule has 0 radical (unpaired) electrons. The molecule has 0 saturated carbocycles. The number of nitrogens with zero attached hydrogens (tertiary/aromatic N) is 2. The highest BCUT2D eigenvalue weighted by atomic mass is 32.2. The van der Waals surface area contributed by atoms with Gasteiger partial charge in [0.15, 0.2) is 0 Å². The van der Waals surface area contributed by atoms with E-state index in [2.05, 4.69) is 10.2 Å². The quantitative estimate of drug-likeness (QED) is 0.623. The number of nitrogen functional groups attached to an aromatic ring is 1. The Labute approximate surface area is 91.9 Å². The van der Waals surface area contributed by atoms with Crippen LogP contribution in [0.1, 0.15) is 5.56 Å². The predicted molar refractivity (Wildman–Crippen MR) is 60.7 cm³/mol. The normalized spacial score (nSPS) is 10.5. The molecule has 0 aliphatic heterocycles. The van der Waals surface area contributed by atoms with E-state index in [0.717, 1.165) is 16.8 Å². The topological polar surface area (TPSA) is 64.9 Å². The van der Waals surface area contributed by atoms with E-state index in [4.69, 9.17) is 10.2 Å². The zero-order valence-corrected chi connectivity index (χ0v) is 9.34. The molecule has 0 aliphatic carbocycles. The van der Waals surface area contributed by atoms with Gasteiger partial charge in [-0.15, -0.1) is 10.2 Å². The Kier molecular flexibility index (Phi) is 2.64. The second kappa shape index (κ2) is 3.94. The van der Waals surface area contributed by atoms with Crippen LogP contribution in [0.5, 0.6) is 0 Å². The van der Waals surface area contributed by atoms with Crippen LogP contribution in [0.25, 0.3) is 11.5 Å². The summed E-state index contributed by atoms with van der Waals surface area (Å²) < 4.78 is 5.40. The molecule has 0 saturated heterocycles. The van der Waals surface area contributed by atoms with Gasteiger partial charge in [0.1, 0.15) is 0 Å². The Morgan fingerprint density at radius 1 is 1.33 bits per heavy atom. The number of hydrogen-bond acceptors (Lipinski definition) is 5. The van der Waals surface area contributed by atoms with Gasteiger partial charge in [0.2, 0.25) is 5.89 Å². The summed E-state index contributed by atoms with van der Waals surface area (Å²) in [5.41, 5.74) is 8.43. The first-order valence-corrected chi connectivity index (χ1v) is 5.67. The van der Waals surface area contributed by atoms with Crippen LogP contribution < -0.4 is 5.73 Å². The van der Waals surface area contributed by atoms with E-state index in [1.54, 1.807) is 0 Å². The fourth-order valence-corrected chi connectivity index (χ4v) is 1.47. The standard InChI is InChI=1S/C10H11N3OS/c1-6-3-4-7(5-8(6)11)9-12-13-10(14-9)15-2/h3-5H,11H2,1-2H3. The molecule has 78 valence electrons. The van der Waals surface area contributed by atoms with Crippen molar-refractivity contribution >= 4 is 17.4 Å². The first kappa shape index (κ1) is 10.0. The van der Waals surface area contributed by atoms with Gasteiger partial charge in [0.05, 0.1) is 0 Å². The van der Waals surface area contributed by atoms with E-state index in [-0.39, 0.29) is 0 Å². The number of aromatic nitrogens is 2. The van der Waals surface area contributed by atoms with Crippen molar-refractivity contribution in [1.29, 1.82) is 0 Å². The molecule has 0 amide bonds. The lowest BCUT2D eigenvalue weighted by molar-refractivity contribution is 0.466. The Morgan fingerprint density at radius 3 is 2.73 bits per heavy atom. The summed E-state index contributed by atoms with van der Waals surface area (Å²) in [4.78, 5) is 0. The number of thioether (sulfide) groups is 1. The van der Waals surface area contributed by atoms with E-state index in [1.807, 2.05) is 31.4 Å². The van der Waals surface area contributed by atoms with Crippen LogP contribution in [0.4, 0.5) is 5.69 Å². The molecule has 0 fully saturated rings. The highest BCUT2D eigenvalue weighted by Gasteiger charge is 2.08. The van der Waals surface area contributed by atoms with Crippen LogP contribution in [0.3, 0.4) is 0 Å². The van der Waals surface area contributed by atoms with E-state index in [9.17, 15) is 0 Å². The van der Waals surface area contributed by atoms with Crippen molar-refractivity contribution in [3.63, 3.8) is 0 Å². The Balaban J connectivity index is 2.40. The summed E-state index contributed by atoms with van der Waals surface area (Å²) in [6.07, 6.45) is 1.89. The maximum Gasteiger partial charge on any atom is 0.276 e. The minimum atomic E-state index is 0.506. The van der Waals surface area contributed by atoms with Gasteiger partial charge in [0.25, 0.3) is 5.22 Å². The van der Waals surface area contributed by atoms with Gasteiger partial charge < -0.3 is 10.2 Å². The van der Waals surface area contributed by atoms with E-state index < -0.39 is 0 Å². The fourth-order valence-electron chi connectivity index (χ4n) is 1.18. The summed E-state index contributed by atoms with van der Waals surface area (Å²) in [6, 6.07) is 5.70. The zero-order valence-electron chi connectivity index (χ0n) is 8.52. The monoisotopic (exact) mass is 221 g/mol. The molecule has 2 aromatic rings. The lowest BCUT2D eigenvalue weighted by atomic mass is 10.1. The third-order valence-corrected chi connectivity index (χ3v) is 2.62. The fraction of sp³-hybridized carbons (Fsp3) is 0.200. The molecule has 0 aliphatic rings. The van der Waals surface area contributed by atoms with Crippen LogP contribution in [-0.2, 0) is 0 Å². The maximum atomic E-state index is 5.80. The summed E-state index contributed by atoms with van der Waals surface area (Å²) in [5.74, 6) is 0.506. The molecule has 0 atom stereocenters. The van der Waals surface area contributed by atoms with Crippen LogP contribution in [0, 0.1) is 6.92 Å². The summed E-state index contributed by atoms with van der Waals surface area (Å²) >= 11 is 1.42. The highest BCUT2D eigenvalue weighted by molar-refractivity contribution is 7.98. The Morgan fingerprint density at radius 2 is 2.13 bits per heavy atom. The molecule has 4 nitrogen and oxygen atoms in total. The second-order valence-corrected chi connectivity index (χ2v) is 3.91. The molecule has 15 heavy (non-hydrogen) atoms. The van der Waals surface area contributed by atoms with Gasteiger partial charge in [-0.05, 0) is 30.9 Å². The van der Waals surface area contributed by atoms with Gasteiger partial charge >= 0.3 is 0 Å². The van der Waals surface area contributed by atoms with Crippen molar-refractivity contribution in [3.8, 4) is 11.5 Å². The molecule has 0 unspecified atom stereocenters. The van der Waals surface area contributed by atoms with Gasteiger partial charge in [0, 0.05) is 11.3 Å². The Hall–Kier alpha value is -1.49. The lowest BCUT2D eigenvalue weighted by Crippen LogP contribution is -1.89. The van der Waals surface area contributed by atoms with Gasteiger partial charge in [-0.2, -0.15) is 0 Å². The SMILES string of the molecule is CSc1nnc(-c2ccc(C)c(N)c2)o1. The largest absolute Gasteiger partial charge is 0.411 e. The molecule has 0 spiro atoms. The summed E-state index contributed by atoms with van der Waals surface area (Å²) in [5, 5.41) is 8.36. The van der Waals surface area contributed by atoms with Crippen molar-refractivity contribution in [2.45, 2.75) is 12.1 Å². The predicted octanol–water partition coefficient (Wildman–Crippen LogP) is 2.35. The van der Waals surface area contributed by atoms with Crippen molar-refractivity contribution in [2.75, 3.05) is 12.0 Å². The molecular weight excluding hydrogens is 210 g/mol. The van der Waals surface area contributed by atoms with Crippen molar-refractivity contribution in [2.24, 2.45) is 0 Å². The van der Waals surface area contributed by atoms with Crippen molar-refractivity contribution in [3.05, 3.63) is 23.8 Å². The molecule has 1 aromatic heterocycles. The molecule has 2 N–H and O–H groups in total. The maximum absolute atomic E-state index is 5.80. The van der Waals surface area contributed by atoms with Crippen LogP contribution in [-0.4, -0.2) is 16.5 Å². The smallest absolute Gasteiger partial charge is 0.276 e. The van der Waals surface area contributed by atoms with Crippen LogP contribution in [0.2, 0.25) is 0 Å². The zero-order chi connectivity index (χ0) is 10.8. The third kappa shape index (κ3) is 1.97. The number of hydrogen-bond donors (Lipinski definition) is 1. The average Bonchev–Trinajstić information content (AvgIpc) is 2.70. The van der Waals surface area contributed by atoms with Gasteiger partial charge in [-0.25, -0.2) is 0 Å². The number of nitrogens with two attached hydrogens (primary N) is 1. The Bertz CT molecular complexity index is 481. The van der Waals surface area contributed by atoms with Gasteiger partial charge in [-0.3, -0.25) is 0 Å². The molecule has 0 bridgehead atoms. The number of anilines is 1. The van der Waals surface area contributed by atoms with Gasteiger partial charge in [-0.1, -0.05) is 17.8 Å². The van der Waals surface area contributed by atoms with E-state index >= 15 is 0 Å². The van der Waals surface area contributed by atoms with Crippen molar-refractivity contribution in [1.82, 2.24) is 10.2 Å². The molecule has 1 aromatic carbocycles. The third-order valence-electron chi connectivity index (χ3n) is 2.11. The molecule has 2 rings (SSSR count). The minimum Gasteiger partial charge on any atom is -0.411 e. The molecule has 5 heteroatoms. The molecular formula is C10H11N3OS. The number of aryl methyl sites for hydroxylation is 1. The van der Waals surface area contributed by atoms with Crippen LogP contribution >= 0.6 is 11.8 Å². The molecule has 1 heterocycles. The highest BCUT2D eigenvalue weighted by Crippen LogP contribution is 2.24. The van der Waals surface area contributed by atoms with E-state index in [0.29, 0.717) is 11.1 Å². The number of rotatable bonds is 2. The summed E-state index contributed by atoms with van der Waals surface area (Å²) in [7, 11) is 0. The summed E-state index contributed by atoms with van der Waals surface area (Å²) in [6.45, 7) is 1.96. The number of benzene rings is 1. The first-order chi connectivity index (χ1) is 7.20. The first-order valence-electron chi connectivity index (χ1n) is 4.44. The van der Waals surface area contributed by atoms with Crippen LogP contribution in [0.15, 0.2) is 27.8 Å².